The van der Waals surface area contributed by atoms with E-state index in [1.165, 1.54) is 12.1 Å². The maximum Gasteiger partial charge on any atom is 0.220 e. The van der Waals surface area contributed by atoms with Gasteiger partial charge in [-0.25, -0.2) is 4.39 Å². The van der Waals surface area contributed by atoms with Crippen molar-refractivity contribution in [3.05, 3.63) is 35.6 Å². The average Bonchev–Trinajstić information content (AvgIpc) is 2.39. The molecule has 19 heavy (non-hydrogen) atoms. The highest BCUT2D eigenvalue weighted by Gasteiger charge is 2.03. The van der Waals surface area contributed by atoms with Gasteiger partial charge in [0.05, 0.1) is 0 Å². The number of amides is 1. The molecule has 0 heterocycles. The average molecular weight is 267 g/mol. The van der Waals surface area contributed by atoms with Crippen molar-refractivity contribution in [2.24, 2.45) is 5.73 Å². The van der Waals surface area contributed by atoms with Gasteiger partial charge in [-0.05, 0) is 37.7 Å². The van der Waals surface area contributed by atoms with E-state index in [0.717, 1.165) is 25.1 Å². The fourth-order valence-electron chi connectivity index (χ4n) is 1.72. The van der Waals surface area contributed by atoms with Crippen LogP contribution in [0.3, 0.4) is 0 Å². The van der Waals surface area contributed by atoms with Crippen LogP contribution in [0.25, 0.3) is 0 Å². The van der Waals surface area contributed by atoms with Crippen molar-refractivity contribution >= 4 is 5.91 Å². The number of carbonyl (C=O) groups excluding carboxylic acids is 1. The van der Waals surface area contributed by atoms with Crippen LogP contribution in [0, 0.1) is 5.82 Å². The Hall–Kier alpha value is -1.46. The first kappa shape index (κ1) is 15.6. The van der Waals surface area contributed by atoms with Crippen molar-refractivity contribution in [3.8, 4) is 0 Å². The summed E-state index contributed by atoms with van der Waals surface area (Å²) in [5.41, 5.74) is 6.39. The molecule has 0 saturated heterocycles. The Morgan fingerprint density at radius 3 is 2.68 bits per heavy atom. The monoisotopic (exact) mass is 267 g/mol. The van der Waals surface area contributed by atoms with Gasteiger partial charge in [-0.3, -0.25) is 4.79 Å². The number of nitrogens with zero attached hydrogens (tertiary/aromatic N) is 1. The summed E-state index contributed by atoms with van der Waals surface area (Å²) in [4.78, 5) is 13.4. The van der Waals surface area contributed by atoms with Gasteiger partial charge in [0.2, 0.25) is 5.91 Å². The molecule has 0 saturated carbocycles. The van der Waals surface area contributed by atoms with E-state index in [-0.39, 0.29) is 11.7 Å². The van der Waals surface area contributed by atoms with E-state index in [2.05, 4.69) is 10.2 Å². The molecule has 0 bridgehead atoms. The number of likely N-dealkylation sites (N-methyl/N-ethyl adjacent to an activating group) is 1. The Labute approximate surface area is 113 Å². The molecule has 1 rings (SSSR count). The molecule has 3 N–H and O–H groups in total. The molecule has 0 fully saturated rings. The van der Waals surface area contributed by atoms with E-state index in [0.29, 0.717) is 19.5 Å². The molecule has 0 atom stereocenters. The SMILES string of the molecule is CN(CCNC(=O)CCCN)Cc1ccc(F)cc1. The smallest absolute Gasteiger partial charge is 0.220 e. The molecule has 0 unspecified atom stereocenters. The standard InChI is InChI=1S/C14H22FN3O/c1-18(10-9-17-14(19)3-2-8-16)11-12-4-6-13(15)7-5-12/h4-7H,2-3,8-11,16H2,1H3,(H,17,19). The lowest BCUT2D eigenvalue weighted by molar-refractivity contribution is -0.121. The van der Waals surface area contributed by atoms with Crippen LogP contribution < -0.4 is 11.1 Å². The summed E-state index contributed by atoms with van der Waals surface area (Å²) in [6.07, 6.45) is 1.20. The largest absolute Gasteiger partial charge is 0.355 e. The number of benzene rings is 1. The Bertz CT molecular complexity index is 381. The number of halogens is 1. The van der Waals surface area contributed by atoms with Crippen LogP contribution in [0.5, 0.6) is 0 Å². The van der Waals surface area contributed by atoms with Gasteiger partial charge >= 0.3 is 0 Å². The topological polar surface area (TPSA) is 58.4 Å². The molecule has 0 aromatic heterocycles. The maximum atomic E-state index is 12.7. The minimum atomic E-state index is -0.224. The predicted molar refractivity (Wildman–Crippen MR) is 74.0 cm³/mol. The summed E-state index contributed by atoms with van der Waals surface area (Å²) >= 11 is 0. The summed E-state index contributed by atoms with van der Waals surface area (Å²) in [7, 11) is 1.97. The van der Waals surface area contributed by atoms with Gasteiger partial charge in [0.1, 0.15) is 5.82 Å². The second-order valence-electron chi connectivity index (χ2n) is 4.61. The number of hydrogen-bond acceptors (Lipinski definition) is 3. The van der Waals surface area contributed by atoms with Gasteiger partial charge in [0.15, 0.2) is 0 Å². The predicted octanol–water partition coefficient (Wildman–Crippen LogP) is 1.11. The molecule has 0 radical (unpaired) electrons. The minimum Gasteiger partial charge on any atom is -0.355 e. The molecule has 5 heteroatoms. The number of hydrogen-bond donors (Lipinski definition) is 2. The van der Waals surface area contributed by atoms with Gasteiger partial charge in [-0.15, -0.1) is 0 Å². The fourth-order valence-corrected chi connectivity index (χ4v) is 1.72. The minimum absolute atomic E-state index is 0.0423. The number of carbonyl (C=O) groups is 1. The van der Waals surface area contributed by atoms with E-state index >= 15 is 0 Å². The molecule has 1 amide bonds. The van der Waals surface area contributed by atoms with Crippen LogP contribution in [0.1, 0.15) is 18.4 Å². The van der Waals surface area contributed by atoms with Crippen molar-refractivity contribution in [2.75, 3.05) is 26.7 Å². The molecule has 106 valence electrons. The van der Waals surface area contributed by atoms with Crippen molar-refractivity contribution in [3.63, 3.8) is 0 Å². The summed E-state index contributed by atoms with van der Waals surface area (Å²) in [6, 6.07) is 6.45. The lowest BCUT2D eigenvalue weighted by Gasteiger charge is -2.17. The molecular formula is C14H22FN3O. The van der Waals surface area contributed by atoms with E-state index in [1.807, 2.05) is 7.05 Å². The third-order valence-corrected chi connectivity index (χ3v) is 2.79. The third-order valence-electron chi connectivity index (χ3n) is 2.79. The van der Waals surface area contributed by atoms with Crippen molar-refractivity contribution in [1.82, 2.24) is 10.2 Å². The highest BCUT2D eigenvalue weighted by molar-refractivity contribution is 5.75. The van der Waals surface area contributed by atoms with Crippen LogP contribution in [0.4, 0.5) is 4.39 Å². The normalized spacial score (nSPS) is 10.7. The molecule has 0 aliphatic carbocycles. The first-order chi connectivity index (χ1) is 9.11. The second kappa shape index (κ2) is 8.61. The van der Waals surface area contributed by atoms with E-state index in [1.54, 1.807) is 12.1 Å². The summed E-state index contributed by atoms with van der Waals surface area (Å²) in [5.74, 6) is -0.181. The van der Waals surface area contributed by atoms with Crippen molar-refractivity contribution in [1.29, 1.82) is 0 Å². The third kappa shape index (κ3) is 6.88. The van der Waals surface area contributed by atoms with E-state index < -0.39 is 0 Å². The Morgan fingerprint density at radius 1 is 1.37 bits per heavy atom. The van der Waals surface area contributed by atoms with Crippen molar-refractivity contribution in [2.45, 2.75) is 19.4 Å². The molecule has 4 nitrogen and oxygen atoms in total. The summed E-state index contributed by atoms with van der Waals surface area (Å²) < 4.78 is 12.7. The van der Waals surface area contributed by atoms with Crippen molar-refractivity contribution < 1.29 is 9.18 Å². The first-order valence-electron chi connectivity index (χ1n) is 6.51. The lowest BCUT2D eigenvalue weighted by Crippen LogP contribution is -2.32. The van der Waals surface area contributed by atoms with Gasteiger partial charge in [0, 0.05) is 26.1 Å². The summed E-state index contributed by atoms with van der Waals surface area (Å²) in [5, 5.41) is 2.85. The fraction of sp³-hybridized carbons (Fsp3) is 0.500. The highest BCUT2D eigenvalue weighted by Crippen LogP contribution is 2.04. The molecular weight excluding hydrogens is 245 g/mol. The first-order valence-corrected chi connectivity index (χ1v) is 6.51. The molecule has 0 aliphatic rings. The highest BCUT2D eigenvalue weighted by atomic mass is 19.1. The van der Waals surface area contributed by atoms with Crippen LogP contribution in [0.2, 0.25) is 0 Å². The van der Waals surface area contributed by atoms with E-state index in [9.17, 15) is 9.18 Å². The molecule has 1 aromatic rings. The van der Waals surface area contributed by atoms with Crippen LogP contribution in [-0.4, -0.2) is 37.5 Å². The van der Waals surface area contributed by atoms with Gasteiger partial charge in [-0.2, -0.15) is 0 Å². The van der Waals surface area contributed by atoms with Gasteiger partial charge < -0.3 is 16.0 Å². The van der Waals surface area contributed by atoms with Crippen LogP contribution in [0.15, 0.2) is 24.3 Å². The number of rotatable bonds is 8. The molecule has 1 aromatic carbocycles. The zero-order valence-corrected chi connectivity index (χ0v) is 11.4. The zero-order valence-electron chi connectivity index (χ0n) is 11.4. The molecule has 0 spiro atoms. The zero-order chi connectivity index (χ0) is 14.1. The quantitative estimate of drug-likeness (QED) is 0.742. The second-order valence-corrected chi connectivity index (χ2v) is 4.61. The Morgan fingerprint density at radius 2 is 2.05 bits per heavy atom. The van der Waals surface area contributed by atoms with Gasteiger partial charge in [-0.1, -0.05) is 12.1 Å². The number of nitrogens with two attached hydrogens (primary N) is 1. The van der Waals surface area contributed by atoms with Crippen LogP contribution in [-0.2, 0) is 11.3 Å². The number of nitrogens with one attached hydrogen (secondary N) is 1. The lowest BCUT2D eigenvalue weighted by atomic mass is 10.2. The van der Waals surface area contributed by atoms with Gasteiger partial charge in [0.25, 0.3) is 0 Å². The molecule has 0 aliphatic heterocycles. The Balaban J connectivity index is 2.19. The van der Waals surface area contributed by atoms with E-state index in [4.69, 9.17) is 5.73 Å². The summed E-state index contributed by atoms with van der Waals surface area (Å²) in [6.45, 7) is 2.64. The maximum absolute atomic E-state index is 12.7. The Kier molecular flexibility index (Phi) is 7.07. The van der Waals surface area contributed by atoms with Crippen LogP contribution >= 0.6 is 0 Å².